The molecule has 1 aliphatic heterocycles. The van der Waals surface area contributed by atoms with E-state index in [4.69, 9.17) is 10.5 Å². The number of benzene rings is 3. The van der Waals surface area contributed by atoms with Gasteiger partial charge in [0.1, 0.15) is 5.75 Å². The summed E-state index contributed by atoms with van der Waals surface area (Å²) < 4.78 is 5.29. The lowest BCUT2D eigenvalue weighted by atomic mass is 10.1. The van der Waals surface area contributed by atoms with Crippen LogP contribution in [0.25, 0.3) is 10.8 Å². The summed E-state index contributed by atoms with van der Waals surface area (Å²) in [5.41, 5.74) is 8.00. The molecule has 0 radical (unpaired) electrons. The van der Waals surface area contributed by atoms with Crippen LogP contribution in [-0.2, 0) is 11.3 Å². The molecule has 3 aromatic carbocycles. The number of fused-ring (bicyclic) bond motifs is 1. The number of piperazine rings is 1. The first-order valence-electron chi connectivity index (χ1n) is 11.1. The van der Waals surface area contributed by atoms with Gasteiger partial charge in [-0.1, -0.05) is 18.2 Å². The van der Waals surface area contributed by atoms with Crippen LogP contribution in [-0.4, -0.2) is 68.5 Å². The number of nitrogens with zero attached hydrogens (tertiary/aromatic N) is 3. The maximum absolute atomic E-state index is 12.8. The lowest BCUT2D eigenvalue weighted by Gasteiger charge is -2.36. The summed E-state index contributed by atoms with van der Waals surface area (Å²) in [4.78, 5) is 30.3. The van der Waals surface area contributed by atoms with Gasteiger partial charge in [0, 0.05) is 51.0 Å². The monoisotopic (exact) mass is 446 g/mol. The van der Waals surface area contributed by atoms with Gasteiger partial charge in [-0.15, -0.1) is 0 Å². The van der Waals surface area contributed by atoms with Crippen LogP contribution < -0.4 is 15.4 Å². The second kappa shape index (κ2) is 9.92. The highest BCUT2D eigenvalue weighted by molar-refractivity contribution is 5.93. The number of methoxy groups -OCH3 is 1. The Hall–Kier alpha value is -3.58. The van der Waals surface area contributed by atoms with Crippen molar-refractivity contribution in [1.82, 2.24) is 9.80 Å². The number of rotatable bonds is 7. The molecule has 4 rings (SSSR count). The van der Waals surface area contributed by atoms with Gasteiger partial charge in [0.2, 0.25) is 11.8 Å². The van der Waals surface area contributed by atoms with Gasteiger partial charge in [0.25, 0.3) is 0 Å². The van der Waals surface area contributed by atoms with Crippen molar-refractivity contribution in [3.8, 4) is 5.75 Å². The van der Waals surface area contributed by atoms with Crippen molar-refractivity contribution in [3.63, 3.8) is 0 Å². The van der Waals surface area contributed by atoms with Crippen LogP contribution >= 0.6 is 0 Å². The van der Waals surface area contributed by atoms with Crippen LogP contribution in [0.3, 0.4) is 0 Å². The topological polar surface area (TPSA) is 79.1 Å². The van der Waals surface area contributed by atoms with Gasteiger partial charge in [-0.2, -0.15) is 0 Å². The minimum absolute atomic E-state index is 0.115. The number of carbonyl (C=O) groups excluding carboxylic acids is 2. The number of carbonyl (C=O) groups is 2. The summed E-state index contributed by atoms with van der Waals surface area (Å²) >= 11 is 0. The zero-order valence-corrected chi connectivity index (χ0v) is 19.2. The van der Waals surface area contributed by atoms with Crippen LogP contribution in [0.2, 0.25) is 0 Å². The molecule has 7 nitrogen and oxygen atoms in total. The number of nitrogens with two attached hydrogens (primary N) is 1. The van der Waals surface area contributed by atoms with Crippen LogP contribution in [0.15, 0.2) is 60.7 Å². The molecule has 0 bridgehead atoms. The highest BCUT2D eigenvalue weighted by atomic mass is 16.5. The molecule has 172 valence electrons. The van der Waals surface area contributed by atoms with E-state index in [-0.39, 0.29) is 5.91 Å². The van der Waals surface area contributed by atoms with E-state index in [9.17, 15) is 9.59 Å². The second-order valence-corrected chi connectivity index (χ2v) is 8.47. The van der Waals surface area contributed by atoms with E-state index >= 15 is 0 Å². The summed E-state index contributed by atoms with van der Waals surface area (Å²) in [5, 5.41) is 2.25. The summed E-state index contributed by atoms with van der Waals surface area (Å²) in [7, 11) is 3.52. The fourth-order valence-electron chi connectivity index (χ4n) is 4.17. The molecule has 1 heterocycles. The van der Waals surface area contributed by atoms with Gasteiger partial charge in [-0.05, 0) is 58.8 Å². The van der Waals surface area contributed by atoms with Crippen LogP contribution in [0, 0.1) is 0 Å². The number of ether oxygens (including phenoxy) is 1. The molecule has 0 unspecified atom stereocenters. The van der Waals surface area contributed by atoms with E-state index in [1.54, 1.807) is 24.1 Å². The summed E-state index contributed by atoms with van der Waals surface area (Å²) in [6.45, 7) is 4.29. The Bertz CT molecular complexity index is 1140. The average molecular weight is 447 g/mol. The standard InChI is InChI=1S/C26H30N4O3/c1-28(17-19-3-4-22-16-24(33-2)10-7-21(22)15-19)25(31)18-29-11-13-30(14-12-29)23-8-5-20(6-9-23)26(27)32/h3-10,15-16H,11-14,17-18H2,1-2H3,(H2,27,32). The molecule has 2 amide bonds. The summed E-state index contributed by atoms with van der Waals surface area (Å²) in [6, 6.07) is 19.6. The van der Waals surface area contributed by atoms with Crippen molar-refractivity contribution >= 4 is 28.3 Å². The van der Waals surface area contributed by atoms with Crippen LogP contribution in [0.1, 0.15) is 15.9 Å². The largest absolute Gasteiger partial charge is 0.497 e. The van der Waals surface area contributed by atoms with Gasteiger partial charge in [-0.25, -0.2) is 0 Å². The molecule has 0 saturated carbocycles. The smallest absolute Gasteiger partial charge is 0.248 e. The minimum atomic E-state index is -0.419. The second-order valence-electron chi connectivity index (χ2n) is 8.47. The predicted molar refractivity (Wildman–Crippen MR) is 131 cm³/mol. The Morgan fingerprint density at radius 1 is 0.939 bits per heavy atom. The quantitative estimate of drug-likeness (QED) is 0.604. The molecule has 0 aliphatic carbocycles. The first kappa shape index (κ1) is 22.6. The van der Waals surface area contributed by atoms with Gasteiger partial charge >= 0.3 is 0 Å². The first-order valence-corrected chi connectivity index (χ1v) is 11.1. The number of likely N-dealkylation sites (N-methyl/N-ethyl adjacent to an activating group) is 1. The molecule has 0 spiro atoms. The molecule has 3 aromatic rings. The normalized spacial score (nSPS) is 14.3. The van der Waals surface area contributed by atoms with Crippen LogP contribution in [0.4, 0.5) is 5.69 Å². The third-order valence-electron chi connectivity index (χ3n) is 6.21. The Kier molecular flexibility index (Phi) is 6.79. The Morgan fingerprint density at radius 2 is 1.61 bits per heavy atom. The SMILES string of the molecule is COc1ccc2cc(CN(C)C(=O)CN3CCN(c4ccc(C(N)=O)cc4)CC3)ccc2c1. The van der Waals surface area contributed by atoms with Gasteiger partial charge in [0.05, 0.1) is 13.7 Å². The van der Waals surface area contributed by atoms with Crippen molar-refractivity contribution < 1.29 is 14.3 Å². The number of hydrogen-bond donors (Lipinski definition) is 1. The molecule has 1 saturated heterocycles. The molecular formula is C26H30N4O3. The lowest BCUT2D eigenvalue weighted by molar-refractivity contribution is -0.131. The van der Waals surface area contributed by atoms with Gasteiger partial charge in [0.15, 0.2) is 0 Å². The van der Waals surface area contributed by atoms with E-state index in [0.717, 1.165) is 54.0 Å². The third-order valence-corrected chi connectivity index (χ3v) is 6.21. The molecule has 1 aliphatic rings. The molecule has 1 fully saturated rings. The number of amides is 2. The Labute approximate surface area is 194 Å². The van der Waals surface area contributed by atoms with E-state index in [0.29, 0.717) is 18.7 Å². The van der Waals surface area contributed by atoms with Crippen molar-refractivity contribution in [2.75, 3.05) is 51.8 Å². The molecule has 0 aromatic heterocycles. The highest BCUT2D eigenvalue weighted by Crippen LogP contribution is 2.22. The van der Waals surface area contributed by atoms with E-state index in [1.807, 2.05) is 37.4 Å². The van der Waals surface area contributed by atoms with Crippen molar-refractivity contribution in [2.45, 2.75) is 6.54 Å². The maximum Gasteiger partial charge on any atom is 0.248 e. The number of primary amides is 1. The summed E-state index contributed by atoms with van der Waals surface area (Å²) in [5.74, 6) is 0.535. The molecule has 2 N–H and O–H groups in total. The molecule has 7 heteroatoms. The van der Waals surface area contributed by atoms with E-state index in [2.05, 4.69) is 28.0 Å². The Balaban J connectivity index is 1.28. The Morgan fingerprint density at radius 3 is 2.27 bits per heavy atom. The van der Waals surface area contributed by atoms with Crippen molar-refractivity contribution in [2.24, 2.45) is 5.73 Å². The number of hydrogen-bond acceptors (Lipinski definition) is 5. The molecule has 0 atom stereocenters. The average Bonchev–Trinajstić information content (AvgIpc) is 2.84. The minimum Gasteiger partial charge on any atom is -0.497 e. The zero-order valence-electron chi connectivity index (χ0n) is 19.2. The third kappa shape index (κ3) is 5.43. The van der Waals surface area contributed by atoms with Crippen molar-refractivity contribution in [3.05, 3.63) is 71.8 Å². The highest BCUT2D eigenvalue weighted by Gasteiger charge is 2.21. The maximum atomic E-state index is 12.8. The fourth-order valence-corrected chi connectivity index (χ4v) is 4.17. The first-order chi connectivity index (χ1) is 15.9. The fraction of sp³-hybridized carbons (Fsp3) is 0.308. The van der Waals surface area contributed by atoms with Crippen molar-refractivity contribution in [1.29, 1.82) is 0 Å². The molecular weight excluding hydrogens is 416 g/mol. The zero-order chi connectivity index (χ0) is 23.4. The summed E-state index contributed by atoms with van der Waals surface area (Å²) in [6.07, 6.45) is 0. The van der Waals surface area contributed by atoms with Gasteiger partial charge in [-0.3, -0.25) is 14.5 Å². The van der Waals surface area contributed by atoms with Gasteiger partial charge < -0.3 is 20.3 Å². The molecule has 33 heavy (non-hydrogen) atoms. The predicted octanol–water partition coefficient (Wildman–Crippen LogP) is 2.73. The number of anilines is 1. The van der Waals surface area contributed by atoms with E-state index in [1.165, 1.54) is 0 Å². The van der Waals surface area contributed by atoms with Crippen LogP contribution in [0.5, 0.6) is 5.75 Å². The van der Waals surface area contributed by atoms with E-state index < -0.39 is 5.91 Å². The lowest BCUT2D eigenvalue weighted by Crippen LogP contribution is -2.49.